The highest BCUT2D eigenvalue weighted by Gasteiger charge is 2.06. The lowest BCUT2D eigenvalue weighted by Gasteiger charge is -2.13. The number of aliphatic hydroxyl groups is 1. The molecule has 0 heterocycles. The summed E-state index contributed by atoms with van der Waals surface area (Å²) in [6, 6.07) is 0. The molecule has 5 nitrogen and oxygen atoms in total. The van der Waals surface area contributed by atoms with Gasteiger partial charge in [0.2, 0.25) is 0 Å². The molecule has 0 bridgehead atoms. The minimum atomic E-state index is -0.791. The van der Waals surface area contributed by atoms with Crippen LogP contribution in [0.4, 0.5) is 0 Å². The molecular weight excluding hydrogens is 188 g/mol. The van der Waals surface area contributed by atoms with Gasteiger partial charge in [-0.25, -0.2) is 0 Å². The number of carbonyl (C=O) groups is 1. The van der Waals surface area contributed by atoms with Crippen molar-refractivity contribution in [2.75, 3.05) is 26.9 Å². The number of carboxylic acid groups (broad SMARTS) is 1. The van der Waals surface area contributed by atoms with Crippen molar-refractivity contribution in [2.45, 2.75) is 25.4 Å². The third-order valence-electron chi connectivity index (χ3n) is 1.69. The van der Waals surface area contributed by atoms with Crippen LogP contribution in [0.1, 0.15) is 19.3 Å². The minimum Gasteiger partial charge on any atom is -0.481 e. The summed E-state index contributed by atoms with van der Waals surface area (Å²) >= 11 is 0. The standard InChI is InChI=1S/C9H18O5/c1-13-7-8(6-10)14-5-3-2-4-9(11)12/h8,10H,2-7H2,1H3,(H,11,12). The lowest BCUT2D eigenvalue weighted by atomic mass is 10.2. The van der Waals surface area contributed by atoms with Crippen molar-refractivity contribution >= 4 is 5.97 Å². The van der Waals surface area contributed by atoms with Crippen LogP contribution in [0.3, 0.4) is 0 Å². The maximum atomic E-state index is 10.2. The molecule has 0 radical (unpaired) electrons. The first-order valence-corrected chi connectivity index (χ1v) is 4.64. The van der Waals surface area contributed by atoms with Crippen LogP contribution >= 0.6 is 0 Å². The van der Waals surface area contributed by atoms with Gasteiger partial charge in [-0.15, -0.1) is 0 Å². The first-order chi connectivity index (χ1) is 6.70. The molecule has 5 heteroatoms. The van der Waals surface area contributed by atoms with Gasteiger partial charge in [-0.1, -0.05) is 0 Å². The van der Waals surface area contributed by atoms with Gasteiger partial charge in [-0.05, 0) is 12.8 Å². The lowest BCUT2D eigenvalue weighted by molar-refractivity contribution is -0.137. The third kappa shape index (κ3) is 7.97. The normalized spacial score (nSPS) is 12.7. The molecule has 0 spiro atoms. The number of rotatable bonds is 9. The zero-order valence-corrected chi connectivity index (χ0v) is 8.44. The summed E-state index contributed by atoms with van der Waals surface area (Å²) in [7, 11) is 1.54. The summed E-state index contributed by atoms with van der Waals surface area (Å²) in [5.74, 6) is -0.791. The number of methoxy groups -OCH3 is 1. The fourth-order valence-corrected chi connectivity index (χ4v) is 0.968. The molecule has 14 heavy (non-hydrogen) atoms. The van der Waals surface area contributed by atoms with E-state index in [4.69, 9.17) is 19.7 Å². The first-order valence-electron chi connectivity index (χ1n) is 4.64. The summed E-state index contributed by atoms with van der Waals surface area (Å²) in [5, 5.41) is 17.2. The maximum absolute atomic E-state index is 10.2. The minimum absolute atomic E-state index is 0.0766. The second-order valence-electron chi connectivity index (χ2n) is 2.98. The molecule has 1 atom stereocenters. The predicted octanol–water partition coefficient (Wildman–Crippen LogP) is 0.265. The smallest absolute Gasteiger partial charge is 0.303 e. The highest BCUT2D eigenvalue weighted by atomic mass is 16.5. The Morgan fingerprint density at radius 1 is 1.43 bits per heavy atom. The molecule has 0 aromatic heterocycles. The van der Waals surface area contributed by atoms with Crippen molar-refractivity contribution in [3.05, 3.63) is 0 Å². The van der Waals surface area contributed by atoms with Crippen LogP contribution in [0.5, 0.6) is 0 Å². The molecule has 0 aromatic carbocycles. The highest BCUT2D eigenvalue weighted by Crippen LogP contribution is 1.99. The maximum Gasteiger partial charge on any atom is 0.303 e. The van der Waals surface area contributed by atoms with Gasteiger partial charge in [-0.3, -0.25) is 4.79 Å². The number of aliphatic carboxylic acids is 1. The first kappa shape index (κ1) is 13.4. The van der Waals surface area contributed by atoms with Crippen molar-refractivity contribution in [1.82, 2.24) is 0 Å². The number of hydrogen-bond donors (Lipinski definition) is 2. The predicted molar refractivity (Wildman–Crippen MR) is 50.2 cm³/mol. The van der Waals surface area contributed by atoms with E-state index in [1.807, 2.05) is 0 Å². The Balaban J connectivity index is 3.28. The molecule has 0 rings (SSSR count). The average Bonchev–Trinajstić information content (AvgIpc) is 2.15. The Hall–Kier alpha value is -0.650. The number of carboxylic acids is 1. The second kappa shape index (κ2) is 8.93. The van der Waals surface area contributed by atoms with E-state index in [0.717, 1.165) is 0 Å². The quantitative estimate of drug-likeness (QED) is 0.529. The van der Waals surface area contributed by atoms with Crippen LogP contribution in [-0.4, -0.2) is 49.2 Å². The number of aliphatic hydroxyl groups excluding tert-OH is 1. The average molecular weight is 206 g/mol. The fraction of sp³-hybridized carbons (Fsp3) is 0.889. The van der Waals surface area contributed by atoms with Crippen LogP contribution in [0.2, 0.25) is 0 Å². The largest absolute Gasteiger partial charge is 0.481 e. The van der Waals surface area contributed by atoms with Crippen molar-refractivity contribution in [3.8, 4) is 0 Å². The van der Waals surface area contributed by atoms with Crippen LogP contribution in [-0.2, 0) is 14.3 Å². The Kier molecular flexibility index (Phi) is 8.51. The Labute approximate surface area is 83.6 Å². The van der Waals surface area contributed by atoms with E-state index in [-0.39, 0.29) is 19.1 Å². The molecule has 0 amide bonds. The SMILES string of the molecule is COCC(CO)OCCCCC(=O)O. The van der Waals surface area contributed by atoms with E-state index in [2.05, 4.69) is 0 Å². The third-order valence-corrected chi connectivity index (χ3v) is 1.69. The summed E-state index contributed by atoms with van der Waals surface area (Å²) in [6.45, 7) is 0.740. The molecule has 84 valence electrons. The molecule has 2 N–H and O–H groups in total. The van der Waals surface area contributed by atoms with Crippen molar-refractivity contribution in [1.29, 1.82) is 0 Å². The zero-order chi connectivity index (χ0) is 10.8. The summed E-state index contributed by atoms with van der Waals surface area (Å²) in [4.78, 5) is 10.2. The van der Waals surface area contributed by atoms with Gasteiger partial charge in [-0.2, -0.15) is 0 Å². The van der Waals surface area contributed by atoms with Gasteiger partial charge in [0, 0.05) is 20.1 Å². The van der Waals surface area contributed by atoms with Gasteiger partial charge in [0.15, 0.2) is 0 Å². The number of unbranched alkanes of at least 4 members (excludes halogenated alkanes) is 1. The van der Waals surface area contributed by atoms with Crippen LogP contribution < -0.4 is 0 Å². The Bertz CT molecular complexity index is 148. The van der Waals surface area contributed by atoms with E-state index in [9.17, 15) is 4.79 Å². The number of hydrogen-bond acceptors (Lipinski definition) is 4. The van der Waals surface area contributed by atoms with Crippen LogP contribution in [0, 0.1) is 0 Å². The van der Waals surface area contributed by atoms with Gasteiger partial charge in [0.05, 0.1) is 13.2 Å². The van der Waals surface area contributed by atoms with Crippen molar-refractivity contribution < 1.29 is 24.5 Å². The molecular formula is C9H18O5. The molecule has 0 aliphatic rings. The van der Waals surface area contributed by atoms with E-state index < -0.39 is 5.97 Å². The second-order valence-corrected chi connectivity index (χ2v) is 2.98. The lowest BCUT2D eigenvalue weighted by Crippen LogP contribution is -2.23. The Morgan fingerprint density at radius 3 is 2.64 bits per heavy atom. The molecule has 0 aliphatic carbocycles. The van der Waals surface area contributed by atoms with Gasteiger partial charge < -0.3 is 19.7 Å². The van der Waals surface area contributed by atoms with Crippen LogP contribution in [0.15, 0.2) is 0 Å². The van der Waals surface area contributed by atoms with E-state index in [1.165, 1.54) is 7.11 Å². The molecule has 0 saturated carbocycles. The van der Waals surface area contributed by atoms with Crippen molar-refractivity contribution in [3.63, 3.8) is 0 Å². The van der Waals surface area contributed by atoms with E-state index in [1.54, 1.807) is 0 Å². The molecule has 0 aromatic rings. The zero-order valence-electron chi connectivity index (χ0n) is 8.44. The van der Waals surface area contributed by atoms with Gasteiger partial charge in [0.1, 0.15) is 6.10 Å². The topological polar surface area (TPSA) is 76.0 Å². The van der Waals surface area contributed by atoms with Crippen molar-refractivity contribution in [2.24, 2.45) is 0 Å². The summed E-state index contributed by atoms with van der Waals surface area (Å²) < 4.78 is 10.1. The summed E-state index contributed by atoms with van der Waals surface area (Å²) in [6.07, 6.45) is 1.15. The number of ether oxygens (including phenoxy) is 2. The molecule has 0 aliphatic heterocycles. The molecule has 0 fully saturated rings. The molecule has 0 saturated heterocycles. The Morgan fingerprint density at radius 2 is 2.14 bits per heavy atom. The highest BCUT2D eigenvalue weighted by molar-refractivity contribution is 5.66. The van der Waals surface area contributed by atoms with E-state index in [0.29, 0.717) is 26.1 Å². The monoisotopic (exact) mass is 206 g/mol. The van der Waals surface area contributed by atoms with Gasteiger partial charge >= 0.3 is 5.97 Å². The molecule has 1 unspecified atom stereocenters. The van der Waals surface area contributed by atoms with Gasteiger partial charge in [0.25, 0.3) is 0 Å². The summed E-state index contributed by atoms with van der Waals surface area (Å²) in [5.41, 5.74) is 0. The van der Waals surface area contributed by atoms with E-state index >= 15 is 0 Å². The van der Waals surface area contributed by atoms with Crippen LogP contribution in [0.25, 0.3) is 0 Å². The fourth-order valence-electron chi connectivity index (χ4n) is 0.968.